The summed E-state index contributed by atoms with van der Waals surface area (Å²) in [6, 6.07) is 11.8. The zero-order valence-electron chi connectivity index (χ0n) is 14.4. The Balaban J connectivity index is 1.73. The molecule has 0 N–H and O–H groups in total. The molecule has 0 bridgehead atoms. The summed E-state index contributed by atoms with van der Waals surface area (Å²) in [5.74, 6) is 0.0979. The highest BCUT2D eigenvalue weighted by Gasteiger charge is 2.12. The third-order valence-electron chi connectivity index (χ3n) is 3.89. The number of aryl methyl sites for hydroxylation is 1. The Labute approximate surface area is 155 Å². The van der Waals surface area contributed by atoms with Crippen LogP contribution in [0.1, 0.15) is 17.0 Å². The van der Waals surface area contributed by atoms with Gasteiger partial charge in [-0.15, -0.1) is 0 Å². The van der Waals surface area contributed by atoms with E-state index in [2.05, 4.69) is 4.98 Å². The van der Waals surface area contributed by atoms with Gasteiger partial charge in [0.05, 0.1) is 19.2 Å². The van der Waals surface area contributed by atoms with Crippen LogP contribution in [0.5, 0.6) is 5.75 Å². The molecule has 0 atom stereocenters. The minimum atomic E-state index is -0.461. The molecule has 0 amide bonds. The van der Waals surface area contributed by atoms with Crippen molar-refractivity contribution in [2.45, 2.75) is 20.0 Å². The van der Waals surface area contributed by atoms with E-state index in [1.165, 1.54) is 17.6 Å². The van der Waals surface area contributed by atoms with Crippen molar-refractivity contribution in [3.63, 3.8) is 0 Å². The van der Waals surface area contributed by atoms with Crippen molar-refractivity contribution in [2.75, 3.05) is 7.11 Å². The molecule has 0 aliphatic rings. The van der Waals surface area contributed by atoms with Gasteiger partial charge in [0.15, 0.2) is 0 Å². The van der Waals surface area contributed by atoms with Crippen molar-refractivity contribution in [1.82, 2.24) is 9.38 Å². The third-order valence-corrected chi connectivity index (χ3v) is 4.13. The second kappa shape index (κ2) is 7.58. The highest BCUT2D eigenvalue weighted by molar-refractivity contribution is 6.30. The number of pyridine rings is 1. The van der Waals surface area contributed by atoms with E-state index < -0.39 is 5.97 Å². The quantitative estimate of drug-likeness (QED) is 0.644. The molecule has 0 radical (unpaired) electrons. The van der Waals surface area contributed by atoms with Crippen molar-refractivity contribution in [1.29, 1.82) is 0 Å². The van der Waals surface area contributed by atoms with Crippen LogP contribution >= 0.6 is 11.6 Å². The second-order valence-electron chi connectivity index (χ2n) is 5.74. The molecule has 1 aromatic carbocycles. The first kappa shape index (κ1) is 17.9. The highest BCUT2D eigenvalue weighted by atomic mass is 35.5. The van der Waals surface area contributed by atoms with E-state index >= 15 is 0 Å². The minimum absolute atomic E-state index is 0.00933. The van der Waals surface area contributed by atoms with Gasteiger partial charge in [-0.25, -0.2) is 4.98 Å². The van der Waals surface area contributed by atoms with Gasteiger partial charge in [-0.2, -0.15) is 0 Å². The summed E-state index contributed by atoms with van der Waals surface area (Å²) in [4.78, 5) is 28.7. The highest BCUT2D eigenvalue weighted by Crippen LogP contribution is 2.23. The van der Waals surface area contributed by atoms with Crippen LogP contribution in [-0.4, -0.2) is 22.5 Å². The Hall–Kier alpha value is -2.86. The molecule has 2 aromatic heterocycles. The Morgan fingerprint density at radius 2 is 2.04 bits per heavy atom. The fourth-order valence-corrected chi connectivity index (χ4v) is 2.88. The van der Waals surface area contributed by atoms with Crippen molar-refractivity contribution < 1.29 is 14.3 Å². The number of methoxy groups -OCH3 is 1. The van der Waals surface area contributed by atoms with E-state index in [0.717, 1.165) is 5.69 Å². The van der Waals surface area contributed by atoms with Gasteiger partial charge in [0, 0.05) is 22.3 Å². The molecule has 7 heteroatoms. The summed E-state index contributed by atoms with van der Waals surface area (Å²) in [5, 5.41) is 0.508. The van der Waals surface area contributed by atoms with Gasteiger partial charge in [0.1, 0.15) is 18.0 Å². The lowest BCUT2D eigenvalue weighted by molar-refractivity contribution is -0.144. The van der Waals surface area contributed by atoms with Crippen LogP contribution in [0, 0.1) is 6.92 Å². The van der Waals surface area contributed by atoms with E-state index in [-0.39, 0.29) is 18.6 Å². The SMILES string of the molecule is COc1ccc(Cl)cc1CC(=O)OCc1cc(=O)n2c(C)cccc2n1. The van der Waals surface area contributed by atoms with Gasteiger partial charge in [0.25, 0.3) is 5.56 Å². The molecule has 0 aliphatic carbocycles. The van der Waals surface area contributed by atoms with E-state index in [1.807, 2.05) is 19.1 Å². The number of hydrogen-bond donors (Lipinski definition) is 0. The van der Waals surface area contributed by atoms with Crippen molar-refractivity contribution >= 4 is 23.2 Å². The van der Waals surface area contributed by atoms with Crippen LogP contribution in [0.25, 0.3) is 5.65 Å². The van der Waals surface area contributed by atoms with E-state index in [4.69, 9.17) is 21.1 Å². The fourth-order valence-electron chi connectivity index (χ4n) is 2.68. The topological polar surface area (TPSA) is 69.9 Å². The average Bonchev–Trinajstić information content (AvgIpc) is 2.60. The normalized spacial score (nSPS) is 10.7. The summed E-state index contributed by atoms with van der Waals surface area (Å²) >= 11 is 5.96. The third kappa shape index (κ3) is 3.86. The number of halogens is 1. The Bertz CT molecular complexity index is 1030. The summed E-state index contributed by atoms with van der Waals surface area (Å²) < 4.78 is 12.0. The number of nitrogens with zero attached hydrogens (tertiary/aromatic N) is 2. The number of esters is 1. The number of benzene rings is 1. The number of fused-ring (bicyclic) bond motifs is 1. The van der Waals surface area contributed by atoms with Gasteiger partial charge >= 0.3 is 5.97 Å². The lowest BCUT2D eigenvalue weighted by atomic mass is 10.1. The lowest BCUT2D eigenvalue weighted by Crippen LogP contribution is -2.18. The van der Waals surface area contributed by atoms with Gasteiger partial charge in [0.2, 0.25) is 0 Å². The molecule has 0 spiro atoms. The van der Waals surface area contributed by atoms with Crippen molar-refractivity contribution in [3.8, 4) is 5.75 Å². The number of rotatable bonds is 5. The first-order valence-electron chi connectivity index (χ1n) is 7.94. The van der Waals surface area contributed by atoms with Gasteiger partial charge in [-0.1, -0.05) is 17.7 Å². The van der Waals surface area contributed by atoms with Crippen LogP contribution in [0.15, 0.2) is 47.3 Å². The predicted molar refractivity (Wildman–Crippen MR) is 97.7 cm³/mol. The molecule has 6 nitrogen and oxygen atoms in total. The monoisotopic (exact) mass is 372 g/mol. The second-order valence-corrected chi connectivity index (χ2v) is 6.18. The number of carbonyl (C=O) groups is 1. The standard InChI is InChI=1S/C19H17ClN2O4/c1-12-4-3-5-17-21-15(10-18(23)22(12)17)11-26-19(24)9-13-8-14(20)6-7-16(13)25-2/h3-8,10H,9,11H2,1-2H3. The molecule has 3 rings (SSSR count). The molecule has 0 aliphatic heterocycles. The summed E-state index contributed by atoms with van der Waals surface area (Å²) in [7, 11) is 1.52. The molecule has 3 aromatic rings. The minimum Gasteiger partial charge on any atom is -0.496 e. The summed E-state index contributed by atoms with van der Waals surface area (Å²) in [5.41, 5.74) is 2.12. The first-order chi connectivity index (χ1) is 12.5. The molecule has 0 unspecified atom stereocenters. The summed E-state index contributed by atoms with van der Waals surface area (Å²) in [6.45, 7) is 1.75. The predicted octanol–water partition coefficient (Wildman–Crippen LogP) is 2.95. The van der Waals surface area contributed by atoms with E-state index in [9.17, 15) is 9.59 Å². The zero-order chi connectivity index (χ0) is 18.7. The first-order valence-corrected chi connectivity index (χ1v) is 8.32. The maximum atomic E-state index is 12.2. The molecule has 0 saturated heterocycles. The van der Waals surface area contributed by atoms with Crippen LogP contribution in [-0.2, 0) is 22.6 Å². The van der Waals surface area contributed by atoms with Crippen LogP contribution in [0.3, 0.4) is 0 Å². The van der Waals surface area contributed by atoms with E-state index in [1.54, 1.807) is 24.3 Å². The van der Waals surface area contributed by atoms with Crippen LogP contribution < -0.4 is 10.3 Å². The zero-order valence-corrected chi connectivity index (χ0v) is 15.1. The smallest absolute Gasteiger partial charge is 0.310 e. The maximum absolute atomic E-state index is 12.2. The van der Waals surface area contributed by atoms with Crippen molar-refractivity contribution in [2.24, 2.45) is 0 Å². The Kier molecular flexibility index (Phi) is 5.23. The number of aromatic nitrogens is 2. The maximum Gasteiger partial charge on any atom is 0.310 e. The number of carbonyl (C=O) groups excluding carboxylic acids is 1. The van der Waals surface area contributed by atoms with Gasteiger partial charge in [-0.05, 0) is 37.3 Å². The van der Waals surface area contributed by atoms with Crippen molar-refractivity contribution in [3.05, 3.63) is 74.8 Å². The fraction of sp³-hybridized carbons (Fsp3) is 0.211. The lowest BCUT2D eigenvalue weighted by Gasteiger charge is -2.10. The van der Waals surface area contributed by atoms with Crippen LogP contribution in [0.2, 0.25) is 5.02 Å². The summed E-state index contributed by atoms with van der Waals surface area (Å²) in [6.07, 6.45) is 0.00933. The molecule has 0 fully saturated rings. The van der Waals surface area contributed by atoms with Gasteiger partial charge in [-0.3, -0.25) is 14.0 Å². The molecular formula is C19H17ClN2O4. The van der Waals surface area contributed by atoms with Crippen LogP contribution in [0.4, 0.5) is 0 Å². The van der Waals surface area contributed by atoms with E-state index in [0.29, 0.717) is 27.7 Å². The molecule has 0 saturated carbocycles. The number of hydrogen-bond acceptors (Lipinski definition) is 5. The average molecular weight is 373 g/mol. The molecular weight excluding hydrogens is 356 g/mol. The Morgan fingerprint density at radius 1 is 1.23 bits per heavy atom. The van der Waals surface area contributed by atoms with Gasteiger partial charge < -0.3 is 9.47 Å². The number of ether oxygens (including phenoxy) is 2. The molecule has 26 heavy (non-hydrogen) atoms. The molecule has 2 heterocycles. The Morgan fingerprint density at radius 3 is 2.81 bits per heavy atom. The molecule has 134 valence electrons. The largest absolute Gasteiger partial charge is 0.496 e.